The molecule has 0 aliphatic heterocycles. The second-order valence-electron chi connectivity index (χ2n) is 7.61. The van der Waals surface area contributed by atoms with Crippen LogP contribution < -0.4 is 0 Å². The van der Waals surface area contributed by atoms with Crippen molar-refractivity contribution in [3.05, 3.63) is 0 Å². The molecule has 4 unspecified atom stereocenters. The largest absolute Gasteiger partial charge is 0.396 e. The highest BCUT2D eigenvalue weighted by atomic mass is 16.3. The van der Waals surface area contributed by atoms with Crippen LogP contribution in [0, 0.1) is 22.2 Å². The molecule has 0 aromatic carbocycles. The summed E-state index contributed by atoms with van der Waals surface area (Å²) >= 11 is 0. The molecule has 1 nitrogen and oxygen atoms in total. The van der Waals surface area contributed by atoms with E-state index < -0.39 is 0 Å². The van der Waals surface area contributed by atoms with E-state index >= 15 is 0 Å². The fraction of sp³-hybridized carbons (Fsp3) is 1.00. The van der Waals surface area contributed by atoms with Gasteiger partial charge in [0.15, 0.2) is 0 Å². The zero-order valence-electron chi connectivity index (χ0n) is 10.9. The van der Waals surface area contributed by atoms with Gasteiger partial charge in [-0.05, 0) is 67.1 Å². The molecule has 4 atom stereocenters. The number of hydrogen-bond acceptors (Lipinski definition) is 1. The molecule has 1 spiro atoms. The van der Waals surface area contributed by atoms with Crippen LogP contribution in [0.3, 0.4) is 0 Å². The van der Waals surface area contributed by atoms with Gasteiger partial charge in [-0.15, -0.1) is 0 Å². The van der Waals surface area contributed by atoms with Crippen LogP contribution in [0.15, 0.2) is 0 Å². The highest BCUT2D eigenvalue weighted by molar-refractivity contribution is 5.09. The van der Waals surface area contributed by atoms with E-state index in [1.165, 1.54) is 51.4 Å². The summed E-state index contributed by atoms with van der Waals surface area (Å²) < 4.78 is 0. The van der Waals surface area contributed by atoms with Crippen molar-refractivity contribution in [3.8, 4) is 0 Å². The molecule has 0 radical (unpaired) electrons. The lowest BCUT2D eigenvalue weighted by Crippen LogP contribution is -2.46. The molecule has 0 heterocycles. The third-order valence-electron chi connectivity index (χ3n) is 6.41. The van der Waals surface area contributed by atoms with Crippen molar-refractivity contribution in [2.75, 3.05) is 6.61 Å². The zero-order chi connectivity index (χ0) is 11.4. The predicted octanol–water partition coefficient (Wildman–Crippen LogP) is 3.76. The van der Waals surface area contributed by atoms with Crippen LogP contribution in [0.25, 0.3) is 0 Å². The van der Waals surface area contributed by atoms with Crippen LogP contribution in [0.1, 0.15) is 65.2 Å². The van der Waals surface area contributed by atoms with Crippen molar-refractivity contribution in [2.24, 2.45) is 22.2 Å². The Balaban J connectivity index is 1.93. The van der Waals surface area contributed by atoms with Gasteiger partial charge in [0, 0.05) is 6.61 Å². The van der Waals surface area contributed by atoms with E-state index in [0.717, 1.165) is 5.92 Å². The highest BCUT2D eigenvalue weighted by Crippen LogP contribution is 2.68. The van der Waals surface area contributed by atoms with Gasteiger partial charge in [-0.3, -0.25) is 0 Å². The Morgan fingerprint density at radius 1 is 1.06 bits per heavy atom. The van der Waals surface area contributed by atoms with E-state index in [-0.39, 0.29) is 5.41 Å². The number of rotatable bonds is 1. The monoisotopic (exact) mass is 222 g/mol. The number of aliphatic hydroxyl groups is 1. The summed E-state index contributed by atoms with van der Waals surface area (Å²) in [5.74, 6) is 0.818. The molecule has 0 amide bonds. The van der Waals surface area contributed by atoms with E-state index in [9.17, 15) is 5.11 Å². The quantitative estimate of drug-likeness (QED) is 0.716. The van der Waals surface area contributed by atoms with E-state index in [4.69, 9.17) is 0 Å². The number of fused-ring (bicyclic) bond motifs is 1. The van der Waals surface area contributed by atoms with Gasteiger partial charge in [-0.1, -0.05) is 20.3 Å². The van der Waals surface area contributed by atoms with E-state index in [1.54, 1.807) is 0 Å². The predicted molar refractivity (Wildman–Crippen MR) is 66.2 cm³/mol. The van der Waals surface area contributed by atoms with Crippen LogP contribution in [0.4, 0.5) is 0 Å². The van der Waals surface area contributed by atoms with Crippen molar-refractivity contribution < 1.29 is 5.11 Å². The number of aliphatic hydroxyl groups excluding tert-OH is 1. The van der Waals surface area contributed by atoms with Crippen molar-refractivity contribution in [2.45, 2.75) is 65.2 Å². The fourth-order valence-corrected chi connectivity index (χ4v) is 5.58. The molecular weight excluding hydrogens is 196 g/mol. The molecule has 3 saturated carbocycles. The second kappa shape index (κ2) is 3.25. The van der Waals surface area contributed by atoms with Gasteiger partial charge in [-0.2, -0.15) is 0 Å². The lowest BCUT2D eigenvalue weighted by atomic mass is 9.50. The first kappa shape index (κ1) is 11.1. The molecule has 92 valence electrons. The van der Waals surface area contributed by atoms with E-state index in [1.807, 2.05) is 0 Å². The second-order valence-corrected chi connectivity index (χ2v) is 7.61. The zero-order valence-corrected chi connectivity index (χ0v) is 10.9. The summed E-state index contributed by atoms with van der Waals surface area (Å²) in [6.45, 7) is 5.26. The molecule has 0 aromatic heterocycles. The fourth-order valence-electron chi connectivity index (χ4n) is 5.58. The first-order chi connectivity index (χ1) is 7.52. The third-order valence-corrected chi connectivity index (χ3v) is 6.41. The van der Waals surface area contributed by atoms with Crippen LogP contribution in [0.5, 0.6) is 0 Å². The molecule has 3 fully saturated rings. The Morgan fingerprint density at radius 3 is 2.62 bits per heavy atom. The highest BCUT2D eigenvalue weighted by Gasteiger charge is 2.59. The minimum atomic E-state index is 0.249. The molecule has 1 heteroatoms. The molecule has 16 heavy (non-hydrogen) atoms. The Bertz CT molecular complexity index is 300. The Kier molecular flexibility index (Phi) is 2.25. The normalized spacial score (nSPS) is 56.1. The summed E-state index contributed by atoms with van der Waals surface area (Å²) in [4.78, 5) is 0. The van der Waals surface area contributed by atoms with Gasteiger partial charge in [0.25, 0.3) is 0 Å². The maximum atomic E-state index is 9.72. The summed E-state index contributed by atoms with van der Waals surface area (Å²) in [6, 6.07) is 0. The summed E-state index contributed by atoms with van der Waals surface area (Å²) in [6.07, 6.45) is 11.3. The summed E-state index contributed by atoms with van der Waals surface area (Å²) in [5, 5.41) is 9.72. The van der Waals surface area contributed by atoms with Gasteiger partial charge in [-0.25, -0.2) is 0 Å². The molecule has 3 aliphatic rings. The first-order valence-corrected chi connectivity index (χ1v) is 7.13. The van der Waals surface area contributed by atoms with Gasteiger partial charge in [0.05, 0.1) is 0 Å². The van der Waals surface area contributed by atoms with Gasteiger partial charge in [0.1, 0.15) is 0 Å². The first-order valence-electron chi connectivity index (χ1n) is 7.13. The average molecular weight is 222 g/mol. The topological polar surface area (TPSA) is 20.2 Å². The van der Waals surface area contributed by atoms with E-state index in [0.29, 0.717) is 17.4 Å². The van der Waals surface area contributed by atoms with Crippen LogP contribution >= 0.6 is 0 Å². The lowest BCUT2D eigenvalue weighted by Gasteiger charge is -2.55. The summed E-state index contributed by atoms with van der Waals surface area (Å²) in [7, 11) is 0. The lowest BCUT2D eigenvalue weighted by molar-refractivity contribution is -0.0592. The maximum Gasteiger partial charge on any atom is 0.0487 e. The minimum Gasteiger partial charge on any atom is -0.396 e. The molecular formula is C15H26O. The molecule has 3 aliphatic carbocycles. The van der Waals surface area contributed by atoms with Crippen molar-refractivity contribution in [3.63, 3.8) is 0 Å². The van der Waals surface area contributed by atoms with Crippen LogP contribution in [0.2, 0.25) is 0 Å². The number of hydrogen-bond donors (Lipinski definition) is 1. The standard InChI is InChI=1S/C15H26O/c1-13-5-3-6-15(10-13)9-8-14(2,11-16)12(15)4-7-13/h12,16H,3-11H2,1-2H3. The average Bonchev–Trinajstić information content (AvgIpc) is 2.51. The minimum absolute atomic E-state index is 0.249. The van der Waals surface area contributed by atoms with Crippen molar-refractivity contribution in [1.29, 1.82) is 0 Å². The SMILES string of the molecule is CC12CCCC3(CCC(C)(CO)C3CC1)C2. The van der Waals surface area contributed by atoms with Gasteiger partial charge >= 0.3 is 0 Å². The van der Waals surface area contributed by atoms with Crippen molar-refractivity contribution >= 4 is 0 Å². The molecule has 0 aromatic rings. The van der Waals surface area contributed by atoms with Gasteiger partial charge in [0.2, 0.25) is 0 Å². The Morgan fingerprint density at radius 2 is 1.88 bits per heavy atom. The molecule has 1 N–H and O–H groups in total. The maximum absolute atomic E-state index is 9.72. The third kappa shape index (κ3) is 1.33. The molecule has 3 rings (SSSR count). The van der Waals surface area contributed by atoms with E-state index in [2.05, 4.69) is 13.8 Å². The molecule has 2 bridgehead atoms. The summed E-state index contributed by atoms with van der Waals surface area (Å²) in [5.41, 5.74) is 1.52. The molecule has 0 saturated heterocycles. The van der Waals surface area contributed by atoms with Gasteiger partial charge < -0.3 is 5.11 Å². The van der Waals surface area contributed by atoms with Crippen LogP contribution in [-0.4, -0.2) is 11.7 Å². The Hall–Kier alpha value is -0.0400. The Labute approximate surface area is 99.6 Å². The van der Waals surface area contributed by atoms with Crippen LogP contribution in [-0.2, 0) is 0 Å². The van der Waals surface area contributed by atoms with Crippen molar-refractivity contribution in [1.82, 2.24) is 0 Å². The smallest absolute Gasteiger partial charge is 0.0487 e.